The Bertz CT molecular complexity index is 1310. The standard InChI is InChI=1S/C22H14ClN3O5S2/c23-17-11-14(26(29)30)6-8-16(17)18-9-7-15(31-18)12-19-21(28)25(22(32)33-19)24-20(27)10-13-4-2-1-3-5-13/h1-9,11-12H,10H2,(H,24,27)/b19-12+. The topological polar surface area (TPSA) is 106 Å². The molecule has 11 heteroatoms. The van der Waals surface area contributed by atoms with E-state index < -0.39 is 10.8 Å². The van der Waals surface area contributed by atoms with Crippen LogP contribution >= 0.6 is 35.6 Å². The summed E-state index contributed by atoms with van der Waals surface area (Å²) < 4.78 is 5.94. The number of benzene rings is 2. The molecule has 1 saturated heterocycles. The summed E-state index contributed by atoms with van der Waals surface area (Å²) in [5, 5.41) is 12.1. The zero-order chi connectivity index (χ0) is 23.5. The molecular weight excluding hydrogens is 486 g/mol. The fraction of sp³-hybridized carbons (Fsp3) is 0.0455. The largest absolute Gasteiger partial charge is 0.457 e. The molecule has 8 nitrogen and oxygen atoms in total. The summed E-state index contributed by atoms with van der Waals surface area (Å²) in [7, 11) is 0. The van der Waals surface area contributed by atoms with Crippen LogP contribution in [-0.2, 0) is 16.0 Å². The SMILES string of the molecule is O=C(Cc1ccccc1)NN1C(=O)/C(=C\c2ccc(-c3ccc([N+](=O)[O-])cc3Cl)o2)SC1=S. The first-order valence-corrected chi connectivity index (χ1v) is 11.1. The van der Waals surface area contributed by atoms with Crippen molar-refractivity contribution in [2.45, 2.75) is 6.42 Å². The highest BCUT2D eigenvalue weighted by Crippen LogP contribution is 2.35. The van der Waals surface area contributed by atoms with Crippen LogP contribution in [-0.4, -0.2) is 26.1 Å². The number of thiocarbonyl (C=S) groups is 1. The summed E-state index contributed by atoms with van der Waals surface area (Å²) in [6.07, 6.45) is 1.61. The van der Waals surface area contributed by atoms with Crippen molar-refractivity contribution in [3.05, 3.63) is 92.0 Å². The van der Waals surface area contributed by atoms with Crippen LogP contribution in [0.25, 0.3) is 17.4 Å². The van der Waals surface area contributed by atoms with Gasteiger partial charge in [0, 0.05) is 23.8 Å². The fourth-order valence-electron chi connectivity index (χ4n) is 3.03. The molecular formula is C22H14ClN3O5S2. The number of hydrogen-bond donors (Lipinski definition) is 1. The molecule has 0 spiro atoms. The van der Waals surface area contributed by atoms with Crippen LogP contribution in [0, 0.1) is 10.1 Å². The Balaban J connectivity index is 1.47. The number of carbonyl (C=O) groups is 2. The number of rotatable bonds is 6. The molecule has 2 amide bonds. The van der Waals surface area contributed by atoms with Crippen LogP contribution in [0.4, 0.5) is 5.69 Å². The molecule has 1 aliphatic heterocycles. The van der Waals surface area contributed by atoms with Crippen LogP contribution in [0.1, 0.15) is 11.3 Å². The van der Waals surface area contributed by atoms with Crippen molar-refractivity contribution in [2.24, 2.45) is 0 Å². The molecule has 1 aliphatic rings. The number of hydrazine groups is 1. The van der Waals surface area contributed by atoms with E-state index in [0.717, 1.165) is 22.3 Å². The lowest BCUT2D eigenvalue weighted by atomic mass is 10.1. The van der Waals surface area contributed by atoms with Crippen molar-refractivity contribution in [3.8, 4) is 11.3 Å². The van der Waals surface area contributed by atoms with Gasteiger partial charge in [0.05, 0.1) is 21.3 Å². The second kappa shape index (κ2) is 9.57. The molecule has 1 fully saturated rings. The van der Waals surface area contributed by atoms with E-state index in [9.17, 15) is 19.7 Å². The summed E-state index contributed by atoms with van der Waals surface area (Å²) >= 11 is 12.4. The first kappa shape index (κ1) is 22.7. The maximum atomic E-state index is 12.7. The number of hydrogen-bond acceptors (Lipinski definition) is 7. The third-order valence-electron chi connectivity index (χ3n) is 4.57. The average molecular weight is 500 g/mol. The first-order valence-electron chi connectivity index (χ1n) is 9.47. The minimum atomic E-state index is -0.538. The van der Waals surface area contributed by atoms with Gasteiger partial charge in [-0.15, -0.1) is 0 Å². The summed E-state index contributed by atoms with van der Waals surface area (Å²) in [6, 6.07) is 16.5. The lowest BCUT2D eigenvalue weighted by molar-refractivity contribution is -0.384. The van der Waals surface area contributed by atoms with Gasteiger partial charge >= 0.3 is 0 Å². The lowest BCUT2D eigenvalue weighted by Gasteiger charge is -2.15. The number of thioether (sulfide) groups is 1. The second-order valence-corrected chi connectivity index (χ2v) is 8.92. The molecule has 0 unspecified atom stereocenters. The van der Waals surface area contributed by atoms with Crippen LogP contribution in [0.3, 0.4) is 0 Å². The van der Waals surface area contributed by atoms with Crippen molar-refractivity contribution in [1.82, 2.24) is 10.4 Å². The zero-order valence-electron chi connectivity index (χ0n) is 16.7. The molecule has 3 aromatic rings. The van der Waals surface area contributed by atoms with Gasteiger partial charge in [0.2, 0.25) is 5.91 Å². The summed E-state index contributed by atoms with van der Waals surface area (Å²) in [4.78, 5) is 35.7. The highest BCUT2D eigenvalue weighted by molar-refractivity contribution is 8.26. The van der Waals surface area contributed by atoms with Gasteiger partial charge in [0.15, 0.2) is 4.32 Å². The Morgan fingerprint density at radius 3 is 2.67 bits per heavy atom. The maximum Gasteiger partial charge on any atom is 0.285 e. The van der Waals surface area contributed by atoms with Crippen molar-refractivity contribution in [2.75, 3.05) is 0 Å². The normalized spacial score (nSPS) is 14.7. The molecule has 2 aromatic carbocycles. The van der Waals surface area contributed by atoms with Gasteiger partial charge in [-0.05, 0) is 36.0 Å². The first-order chi connectivity index (χ1) is 15.8. The number of nitro benzene ring substituents is 1. The minimum Gasteiger partial charge on any atom is -0.457 e. The predicted molar refractivity (Wildman–Crippen MR) is 129 cm³/mol. The summed E-state index contributed by atoms with van der Waals surface area (Å²) in [6.45, 7) is 0. The molecule has 0 radical (unpaired) electrons. The Hall–Kier alpha value is -3.47. The van der Waals surface area contributed by atoms with Crippen molar-refractivity contribution in [3.63, 3.8) is 0 Å². The van der Waals surface area contributed by atoms with Crippen LogP contribution < -0.4 is 5.43 Å². The number of nitrogens with zero attached hydrogens (tertiary/aromatic N) is 2. The van der Waals surface area contributed by atoms with E-state index in [1.165, 1.54) is 24.3 Å². The van der Waals surface area contributed by atoms with Gasteiger partial charge in [-0.25, -0.2) is 0 Å². The second-order valence-electron chi connectivity index (χ2n) is 6.84. The molecule has 4 rings (SSSR count). The highest BCUT2D eigenvalue weighted by Gasteiger charge is 2.34. The van der Waals surface area contributed by atoms with Crippen molar-refractivity contribution >= 4 is 63.5 Å². The smallest absolute Gasteiger partial charge is 0.285 e. The fourth-order valence-corrected chi connectivity index (χ4v) is 4.46. The maximum absolute atomic E-state index is 12.7. The van der Waals surface area contributed by atoms with E-state index >= 15 is 0 Å². The molecule has 33 heavy (non-hydrogen) atoms. The van der Waals surface area contributed by atoms with Gasteiger partial charge in [0.1, 0.15) is 11.5 Å². The lowest BCUT2D eigenvalue weighted by Crippen LogP contribution is -2.45. The van der Waals surface area contributed by atoms with E-state index in [1.807, 2.05) is 30.3 Å². The summed E-state index contributed by atoms with van der Waals surface area (Å²) in [5.74, 6) is -0.104. The van der Waals surface area contributed by atoms with Gasteiger partial charge in [0.25, 0.3) is 11.6 Å². The number of amides is 2. The molecule has 0 atom stereocenters. The van der Waals surface area contributed by atoms with Gasteiger partial charge in [-0.3, -0.25) is 25.1 Å². The van der Waals surface area contributed by atoms with E-state index in [1.54, 1.807) is 12.1 Å². The van der Waals surface area contributed by atoms with E-state index in [2.05, 4.69) is 5.43 Å². The number of furan rings is 1. The Labute approximate surface area is 202 Å². The van der Waals surface area contributed by atoms with Crippen molar-refractivity contribution < 1.29 is 18.9 Å². The number of nitro groups is 1. The molecule has 1 aromatic heterocycles. The van der Waals surface area contributed by atoms with E-state index in [0.29, 0.717) is 17.1 Å². The highest BCUT2D eigenvalue weighted by atomic mass is 35.5. The number of halogens is 1. The van der Waals surface area contributed by atoms with Crippen molar-refractivity contribution in [1.29, 1.82) is 0 Å². The van der Waals surface area contributed by atoms with Crippen LogP contribution in [0.2, 0.25) is 5.02 Å². The molecule has 166 valence electrons. The number of nitrogens with one attached hydrogen (secondary N) is 1. The summed E-state index contributed by atoms with van der Waals surface area (Å²) in [5.41, 5.74) is 3.69. The number of non-ortho nitro benzene ring substituents is 1. The number of carbonyl (C=O) groups excluding carboxylic acids is 2. The Kier molecular flexibility index (Phi) is 6.59. The van der Waals surface area contributed by atoms with E-state index in [4.69, 9.17) is 28.2 Å². The minimum absolute atomic E-state index is 0.106. The zero-order valence-corrected chi connectivity index (χ0v) is 19.1. The predicted octanol–water partition coefficient (Wildman–Crippen LogP) is 4.98. The monoisotopic (exact) mass is 499 g/mol. The quantitative estimate of drug-likeness (QED) is 0.220. The van der Waals surface area contributed by atoms with Crippen LogP contribution in [0.5, 0.6) is 0 Å². The molecule has 2 heterocycles. The average Bonchev–Trinajstić information content (AvgIpc) is 3.34. The van der Waals surface area contributed by atoms with Crippen LogP contribution in [0.15, 0.2) is 70.0 Å². The Morgan fingerprint density at radius 1 is 1.21 bits per heavy atom. The van der Waals surface area contributed by atoms with Gasteiger partial charge < -0.3 is 4.42 Å². The molecule has 0 bridgehead atoms. The van der Waals surface area contributed by atoms with Gasteiger partial charge in [-0.1, -0.05) is 53.7 Å². The molecule has 0 aliphatic carbocycles. The molecule has 0 saturated carbocycles. The third kappa shape index (κ3) is 5.14. The third-order valence-corrected chi connectivity index (χ3v) is 6.18. The van der Waals surface area contributed by atoms with E-state index in [-0.39, 0.29) is 32.3 Å². The molecule has 1 N–H and O–H groups in total. The van der Waals surface area contributed by atoms with Gasteiger partial charge in [-0.2, -0.15) is 5.01 Å². The Morgan fingerprint density at radius 2 is 1.97 bits per heavy atom.